The summed E-state index contributed by atoms with van der Waals surface area (Å²) in [6, 6.07) is 24.0. The summed E-state index contributed by atoms with van der Waals surface area (Å²) in [4.78, 5) is 30.1. The average Bonchev–Trinajstić information content (AvgIpc) is 3.13. The Hall–Kier alpha value is -3.73. The van der Waals surface area contributed by atoms with Crippen LogP contribution in [0.15, 0.2) is 78.9 Å². The SMILES string of the molecule is O=C(Oc1ccccc1[C@H]1CC(=O)n2c(nc3ccccc32)C1)c1ccccc1. The lowest BCUT2D eigenvalue weighted by Crippen LogP contribution is -2.25. The average molecular weight is 382 g/mol. The Kier molecular flexibility index (Phi) is 4.21. The fourth-order valence-corrected chi connectivity index (χ4v) is 3.95. The van der Waals surface area contributed by atoms with E-state index in [0.29, 0.717) is 24.2 Å². The maximum absolute atomic E-state index is 12.9. The molecule has 0 saturated heterocycles. The second-order valence-electron chi connectivity index (χ2n) is 7.14. The van der Waals surface area contributed by atoms with Gasteiger partial charge >= 0.3 is 5.97 Å². The number of carbonyl (C=O) groups is 2. The van der Waals surface area contributed by atoms with E-state index in [2.05, 4.69) is 4.98 Å². The third-order valence-corrected chi connectivity index (χ3v) is 5.30. The molecule has 0 unspecified atom stereocenters. The summed E-state index contributed by atoms with van der Waals surface area (Å²) in [5.74, 6) is 0.744. The van der Waals surface area contributed by atoms with Crippen molar-refractivity contribution < 1.29 is 14.3 Å². The normalized spacial score (nSPS) is 15.9. The number of hydrogen-bond donors (Lipinski definition) is 0. The number of carbonyl (C=O) groups excluding carboxylic acids is 2. The van der Waals surface area contributed by atoms with Crippen molar-refractivity contribution in [2.75, 3.05) is 0 Å². The van der Waals surface area contributed by atoms with Gasteiger partial charge in [0.1, 0.15) is 11.6 Å². The summed E-state index contributed by atoms with van der Waals surface area (Å²) >= 11 is 0. The first-order chi connectivity index (χ1) is 14.2. The van der Waals surface area contributed by atoms with E-state index in [1.165, 1.54) is 0 Å². The van der Waals surface area contributed by atoms with Crippen LogP contribution in [-0.2, 0) is 6.42 Å². The zero-order valence-corrected chi connectivity index (χ0v) is 15.6. The fraction of sp³-hybridized carbons (Fsp3) is 0.125. The zero-order chi connectivity index (χ0) is 19.8. The van der Waals surface area contributed by atoms with Crippen molar-refractivity contribution >= 4 is 22.9 Å². The predicted molar refractivity (Wildman–Crippen MR) is 109 cm³/mol. The molecule has 5 nitrogen and oxygen atoms in total. The Bertz CT molecular complexity index is 1230. The van der Waals surface area contributed by atoms with Gasteiger partial charge in [-0.05, 0) is 35.9 Å². The quantitative estimate of drug-likeness (QED) is 0.383. The molecule has 1 atom stereocenters. The van der Waals surface area contributed by atoms with Gasteiger partial charge in [0.2, 0.25) is 5.91 Å². The molecule has 1 aliphatic rings. The Morgan fingerprint density at radius 3 is 2.48 bits per heavy atom. The highest BCUT2D eigenvalue weighted by Crippen LogP contribution is 2.36. The number of nitrogens with zero attached hydrogens (tertiary/aromatic N) is 2. The van der Waals surface area contributed by atoms with E-state index in [1.807, 2.05) is 48.5 Å². The Morgan fingerprint density at radius 1 is 0.897 bits per heavy atom. The molecular formula is C24H18N2O3. The van der Waals surface area contributed by atoms with Gasteiger partial charge in [0.05, 0.1) is 16.6 Å². The number of imidazole rings is 1. The van der Waals surface area contributed by atoms with E-state index in [0.717, 1.165) is 22.4 Å². The highest BCUT2D eigenvalue weighted by molar-refractivity contribution is 5.93. The summed E-state index contributed by atoms with van der Waals surface area (Å²) in [6.45, 7) is 0. The van der Waals surface area contributed by atoms with Gasteiger partial charge in [-0.3, -0.25) is 9.36 Å². The number of hydrogen-bond acceptors (Lipinski definition) is 4. The molecule has 29 heavy (non-hydrogen) atoms. The van der Waals surface area contributed by atoms with Gasteiger partial charge < -0.3 is 4.74 Å². The van der Waals surface area contributed by atoms with Crippen molar-refractivity contribution in [1.82, 2.24) is 9.55 Å². The number of rotatable bonds is 3. The van der Waals surface area contributed by atoms with Crippen LogP contribution >= 0.6 is 0 Å². The molecule has 1 aromatic heterocycles. The van der Waals surface area contributed by atoms with Gasteiger partial charge in [-0.25, -0.2) is 9.78 Å². The fourth-order valence-electron chi connectivity index (χ4n) is 3.95. The molecule has 0 spiro atoms. The first-order valence-electron chi connectivity index (χ1n) is 9.56. The minimum absolute atomic E-state index is 0.00846. The number of esters is 1. The molecule has 0 fully saturated rings. The third kappa shape index (κ3) is 3.10. The van der Waals surface area contributed by atoms with E-state index < -0.39 is 5.97 Å². The van der Waals surface area contributed by atoms with Gasteiger partial charge in [0.15, 0.2) is 0 Å². The minimum Gasteiger partial charge on any atom is -0.423 e. The number of fused-ring (bicyclic) bond motifs is 3. The van der Waals surface area contributed by atoms with Crippen LogP contribution in [0.1, 0.15) is 38.9 Å². The van der Waals surface area contributed by atoms with Crippen molar-refractivity contribution in [3.05, 3.63) is 95.8 Å². The van der Waals surface area contributed by atoms with Gasteiger partial charge in [-0.2, -0.15) is 0 Å². The highest BCUT2D eigenvalue weighted by atomic mass is 16.5. The molecular weight excluding hydrogens is 364 g/mol. The van der Waals surface area contributed by atoms with E-state index >= 15 is 0 Å². The summed E-state index contributed by atoms with van der Waals surface area (Å²) in [5, 5.41) is 0. The first-order valence-corrected chi connectivity index (χ1v) is 9.56. The van der Waals surface area contributed by atoms with Crippen LogP contribution in [0.4, 0.5) is 0 Å². The molecule has 5 heteroatoms. The predicted octanol–water partition coefficient (Wildman–Crippen LogP) is 4.63. The molecule has 2 heterocycles. The van der Waals surface area contributed by atoms with Crippen molar-refractivity contribution in [3.63, 3.8) is 0 Å². The van der Waals surface area contributed by atoms with Crippen LogP contribution in [0.3, 0.4) is 0 Å². The van der Waals surface area contributed by atoms with E-state index in [4.69, 9.17) is 4.74 Å². The molecule has 0 bridgehead atoms. The number of para-hydroxylation sites is 3. The standard InChI is InChI=1S/C24H18N2O3/c27-23-15-17(14-22-25-19-11-5-6-12-20(19)26(22)23)18-10-4-7-13-21(18)29-24(28)16-8-2-1-3-9-16/h1-13,17H,14-15H2/t17-/m1/s1. The molecule has 0 N–H and O–H groups in total. The van der Waals surface area contributed by atoms with Crippen LogP contribution in [0.25, 0.3) is 11.0 Å². The highest BCUT2D eigenvalue weighted by Gasteiger charge is 2.30. The molecule has 0 saturated carbocycles. The third-order valence-electron chi connectivity index (χ3n) is 5.30. The lowest BCUT2D eigenvalue weighted by molar-refractivity contribution is 0.0732. The second kappa shape index (κ2) is 7.02. The summed E-state index contributed by atoms with van der Waals surface area (Å²) in [5.41, 5.74) is 3.00. The Labute approximate surface area is 167 Å². The van der Waals surface area contributed by atoms with Crippen molar-refractivity contribution in [1.29, 1.82) is 0 Å². The maximum Gasteiger partial charge on any atom is 0.343 e. The van der Waals surface area contributed by atoms with Crippen molar-refractivity contribution in [3.8, 4) is 5.75 Å². The topological polar surface area (TPSA) is 61.2 Å². The molecule has 142 valence electrons. The number of benzene rings is 3. The summed E-state index contributed by atoms with van der Waals surface area (Å²) in [7, 11) is 0. The molecule has 5 rings (SSSR count). The van der Waals surface area contributed by atoms with Crippen LogP contribution in [-0.4, -0.2) is 21.4 Å². The molecule has 3 aromatic carbocycles. The van der Waals surface area contributed by atoms with Gasteiger partial charge in [0, 0.05) is 18.8 Å². The Morgan fingerprint density at radius 2 is 1.62 bits per heavy atom. The smallest absolute Gasteiger partial charge is 0.343 e. The maximum atomic E-state index is 12.9. The summed E-state index contributed by atoms with van der Waals surface area (Å²) in [6.07, 6.45) is 0.952. The minimum atomic E-state index is -0.410. The zero-order valence-electron chi connectivity index (χ0n) is 15.6. The second-order valence-corrected chi connectivity index (χ2v) is 7.14. The van der Waals surface area contributed by atoms with Gasteiger partial charge in [0.25, 0.3) is 0 Å². The lowest BCUT2D eigenvalue weighted by atomic mass is 9.89. The first kappa shape index (κ1) is 17.4. The largest absolute Gasteiger partial charge is 0.423 e. The van der Waals surface area contributed by atoms with E-state index in [1.54, 1.807) is 34.9 Å². The molecule has 0 aliphatic carbocycles. The van der Waals surface area contributed by atoms with E-state index in [-0.39, 0.29) is 11.8 Å². The number of ether oxygens (including phenoxy) is 1. The van der Waals surface area contributed by atoms with Gasteiger partial charge in [-0.15, -0.1) is 0 Å². The van der Waals surface area contributed by atoms with Crippen LogP contribution in [0, 0.1) is 0 Å². The van der Waals surface area contributed by atoms with Crippen molar-refractivity contribution in [2.45, 2.75) is 18.8 Å². The van der Waals surface area contributed by atoms with E-state index in [9.17, 15) is 9.59 Å². The summed E-state index contributed by atoms with van der Waals surface area (Å²) < 4.78 is 7.40. The van der Waals surface area contributed by atoms with Crippen LogP contribution < -0.4 is 4.74 Å². The lowest BCUT2D eigenvalue weighted by Gasteiger charge is -2.24. The molecule has 0 amide bonds. The van der Waals surface area contributed by atoms with Crippen LogP contribution in [0.5, 0.6) is 5.75 Å². The Balaban J connectivity index is 1.48. The monoisotopic (exact) mass is 382 g/mol. The molecule has 1 aliphatic heterocycles. The molecule has 4 aromatic rings. The van der Waals surface area contributed by atoms with Crippen LogP contribution in [0.2, 0.25) is 0 Å². The van der Waals surface area contributed by atoms with Gasteiger partial charge in [-0.1, -0.05) is 48.5 Å². The molecule has 0 radical (unpaired) electrons. The van der Waals surface area contributed by atoms with Crippen molar-refractivity contribution in [2.24, 2.45) is 0 Å². The number of aromatic nitrogens is 2.